The largest absolute Gasteiger partial charge is 0.492 e. The number of benzene rings is 4. The van der Waals surface area contributed by atoms with Crippen LogP contribution in [0.5, 0.6) is 5.75 Å². The molecule has 4 aromatic carbocycles. The van der Waals surface area contributed by atoms with Crippen LogP contribution in [0.15, 0.2) is 109 Å². The van der Waals surface area contributed by atoms with Gasteiger partial charge in [-0.25, -0.2) is 4.39 Å². The number of ether oxygens (including phenoxy) is 1. The van der Waals surface area contributed by atoms with Gasteiger partial charge >= 0.3 is 0 Å². The topological polar surface area (TPSA) is 70.1 Å². The molecule has 0 radical (unpaired) electrons. The second-order valence-corrected chi connectivity index (χ2v) is 11.8. The van der Waals surface area contributed by atoms with Crippen molar-refractivity contribution in [2.75, 3.05) is 26.2 Å². The fourth-order valence-corrected chi connectivity index (χ4v) is 6.63. The first-order valence-corrected chi connectivity index (χ1v) is 16.2. The molecule has 3 atom stereocenters. The number of aliphatic hydroxyl groups is 1. The lowest BCUT2D eigenvalue weighted by Gasteiger charge is -2.31. The predicted molar refractivity (Wildman–Crippen MR) is 178 cm³/mol. The highest BCUT2D eigenvalue weighted by Crippen LogP contribution is 2.43. The Balaban J connectivity index is 1.42. The number of likely N-dealkylation sites (tertiary alicyclic amines) is 1. The van der Waals surface area contributed by atoms with E-state index in [1.807, 2.05) is 84.9 Å². The minimum Gasteiger partial charge on any atom is -0.492 e. The Labute approximate surface area is 271 Å². The van der Waals surface area contributed by atoms with Gasteiger partial charge in [-0.05, 0) is 66.0 Å². The van der Waals surface area contributed by atoms with E-state index in [4.69, 9.17) is 4.74 Å². The van der Waals surface area contributed by atoms with Crippen molar-refractivity contribution in [2.24, 2.45) is 0 Å². The van der Waals surface area contributed by atoms with Crippen LogP contribution >= 0.6 is 0 Å². The molecule has 0 aromatic heterocycles. The highest BCUT2D eigenvalue weighted by molar-refractivity contribution is 6.10. The number of amides is 2. The van der Waals surface area contributed by atoms with Gasteiger partial charge in [-0.1, -0.05) is 106 Å². The van der Waals surface area contributed by atoms with Gasteiger partial charge in [0.05, 0.1) is 11.8 Å². The third-order valence-corrected chi connectivity index (χ3v) is 9.31. The molecule has 4 aromatic rings. The summed E-state index contributed by atoms with van der Waals surface area (Å²) < 4.78 is 20.0. The van der Waals surface area contributed by atoms with Gasteiger partial charge in [0.25, 0.3) is 0 Å². The summed E-state index contributed by atoms with van der Waals surface area (Å²) in [6.07, 6.45) is 1.08. The van der Waals surface area contributed by atoms with Crippen LogP contribution in [-0.4, -0.2) is 59.0 Å². The van der Waals surface area contributed by atoms with E-state index in [1.54, 1.807) is 12.1 Å². The zero-order chi connectivity index (χ0) is 32.7. The van der Waals surface area contributed by atoms with Gasteiger partial charge in [0.15, 0.2) is 0 Å². The van der Waals surface area contributed by atoms with E-state index in [0.29, 0.717) is 40.7 Å². The molecule has 0 aliphatic carbocycles. The maximum Gasteiger partial charge on any atom is 0.237 e. The van der Waals surface area contributed by atoms with Crippen LogP contribution in [0.2, 0.25) is 0 Å². The fraction of sp³-hybridized carbons (Fsp3) is 0.333. The molecule has 7 heteroatoms. The van der Waals surface area contributed by atoms with E-state index in [9.17, 15) is 19.1 Å². The molecular weight excluding hydrogens is 579 g/mol. The molecule has 240 valence electrons. The van der Waals surface area contributed by atoms with Crippen molar-refractivity contribution in [1.29, 1.82) is 0 Å². The van der Waals surface area contributed by atoms with Crippen molar-refractivity contribution in [1.82, 2.24) is 9.80 Å². The molecule has 0 bridgehead atoms. The molecule has 1 N–H and O–H groups in total. The number of carbonyl (C=O) groups excluding carboxylic acids is 2. The minimum absolute atomic E-state index is 0.0110. The monoisotopic (exact) mass is 622 g/mol. The lowest BCUT2D eigenvalue weighted by molar-refractivity contribution is -0.139. The Morgan fingerprint density at radius 3 is 1.70 bits per heavy atom. The van der Waals surface area contributed by atoms with E-state index < -0.39 is 23.3 Å². The summed E-state index contributed by atoms with van der Waals surface area (Å²) in [5.74, 6) is -2.06. The lowest BCUT2D eigenvalue weighted by Crippen LogP contribution is -2.38. The number of carbonyl (C=O) groups is 2. The molecule has 5 rings (SSSR count). The molecule has 1 aliphatic rings. The highest BCUT2D eigenvalue weighted by Gasteiger charge is 2.49. The first-order chi connectivity index (χ1) is 22.3. The number of halogens is 1. The summed E-state index contributed by atoms with van der Waals surface area (Å²) in [4.78, 5) is 31.9. The van der Waals surface area contributed by atoms with Crippen molar-refractivity contribution in [3.63, 3.8) is 0 Å². The molecule has 3 unspecified atom stereocenters. The van der Waals surface area contributed by atoms with E-state index in [0.717, 1.165) is 19.5 Å². The summed E-state index contributed by atoms with van der Waals surface area (Å²) >= 11 is 0. The van der Waals surface area contributed by atoms with E-state index in [2.05, 4.69) is 25.7 Å². The van der Waals surface area contributed by atoms with Crippen molar-refractivity contribution in [3.8, 4) is 5.75 Å². The third-order valence-electron chi connectivity index (χ3n) is 9.31. The average molecular weight is 623 g/mol. The fourth-order valence-electron chi connectivity index (χ4n) is 6.63. The molecular formula is C39H43FN2O4. The zero-order valence-electron chi connectivity index (χ0n) is 26.8. The number of nitrogens with zero attached hydrogens (tertiary/aromatic N) is 2. The second kappa shape index (κ2) is 14.8. The number of rotatable bonds is 14. The quantitative estimate of drug-likeness (QED) is 0.155. The van der Waals surface area contributed by atoms with Crippen LogP contribution in [0.25, 0.3) is 0 Å². The van der Waals surface area contributed by atoms with Crippen molar-refractivity contribution in [3.05, 3.63) is 137 Å². The smallest absolute Gasteiger partial charge is 0.237 e. The normalized spacial score (nSPS) is 17.5. The number of likely N-dealkylation sites (N-methyl/N-ethyl adjacent to an activating group) is 1. The third kappa shape index (κ3) is 6.91. The molecule has 1 aliphatic heterocycles. The maximum absolute atomic E-state index is 14.1. The van der Waals surface area contributed by atoms with E-state index in [-0.39, 0.29) is 24.8 Å². The van der Waals surface area contributed by atoms with Gasteiger partial charge in [-0.3, -0.25) is 19.4 Å². The van der Waals surface area contributed by atoms with Crippen LogP contribution < -0.4 is 4.74 Å². The van der Waals surface area contributed by atoms with Gasteiger partial charge in [-0.15, -0.1) is 0 Å². The first kappa shape index (κ1) is 33.0. The molecule has 1 fully saturated rings. The molecule has 1 heterocycles. The van der Waals surface area contributed by atoms with Crippen LogP contribution in [0.4, 0.5) is 4.39 Å². The van der Waals surface area contributed by atoms with Gasteiger partial charge < -0.3 is 9.84 Å². The Bertz CT molecular complexity index is 1530. The van der Waals surface area contributed by atoms with Gasteiger partial charge in [0, 0.05) is 19.0 Å². The number of imide groups is 1. The average Bonchev–Trinajstić information content (AvgIpc) is 3.35. The summed E-state index contributed by atoms with van der Waals surface area (Å²) in [6, 6.07) is 32.0. The van der Waals surface area contributed by atoms with Gasteiger partial charge in [0.2, 0.25) is 11.8 Å². The van der Waals surface area contributed by atoms with Crippen molar-refractivity contribution >= 4 is 11.8 Å². The maximum atomic E-state index is 14.1. The van der Waals surface area contributed by atoms with Crippen molar-refractivity contribution < 1.29 is 23.8 Å². The van der Waals surface area contributed by atoms with E-state index >= 15 is 0 Å². The molecule has 1 saturated heterocycles. The Morgan fingerprint density at radius 2 is 1.24 bits per heavy atom. The standard InChI is InChI=1S/C39H43FN2O4/c1-4-33(41(5-2)6-3)27-46-34-23-19-29(20-24-34)36-35(28-17-21-32(40)22-18-28)37(43)42(38(36)44)26-25-39(45,30-13-9-7-10-14-30)31-15-11-8-12-16-31/h7-24,33,35-36,45H,4-6,25-27H2,1-3H3. The van der Waals surface area contributed by atoms with Crippen LogP contribution in [0.1, 0.15) is 67.7 Å². The Hall–Kier alpha value is -4.33. The minimum atomic E-state index is -1.42. The highest BCUT2D eigenvalue weighted by atomic mass is 19.1. The Morgan fingerprint density at radius 1 is 0.761 bits per heavy atom. The number of hydrogen-bond acceptors (Lipinski definition) is 5. The SMILES string of the molecule is CCC(COc1ccc(C2C(=O)N(CCC(O)(c3ccccc3)c3ccccc3)C(=O)C2c2ccc(F)cc2)cc1)N(CC)CC. The van der Waals surface area contributed by atoms with Gasteiger partial charge in [0.1, 0.15) is 23.8 Å². The predicted octanol–water partition coefficient (Wildman–Crippen LogP) is 6.89. The lowest BCUT2D eigenvalue weighted by atomic mass is 9.83. The number of hydrogen-bond donors (Lipinski definition) is 1. The van der Waals surface area contributed by atoms with E-state index in [1.165, 1.54) is 17.0 Å². The second-order valence-electron chi connectivity index (χ2n) is 11.8. The summed E-state index contributed by atoms with van der Waals surface area (Å²) in [5.41, 5.74) is 1.17. The van der Waals surface area contributed by atoms with Crippen LogP contribution in [-0.2, 0) is 15.2 Å². The summed E-state index contributed by atoms with van der Waals surface area (Å²) in [5, 5.41) is 12.1. The summed E-state index contributed by atoms with van der Waals surface area (Å²) in [6.45, 7) is 8.90. The van der Waals surface area contributed by atoms with Crippen molar-refractivity contribution in [2.45, 2.75) is 57.1 Å². The molecule has 6 nitrogen and oxygen atoms in total. The summed E-state index contributed by atoms with van der Waals surface area (Å²) in [7, 11) is 0. The van der Waals surface area contributed by atoms with Gasteiger partial charge in [-0.2, -0.15) is 0 Å². The molecule has 0 spiro atoms. The van der Waals surface area contributed by atoms with Crippen LogP contribution in [0.3, 0.4) is 0 Å². The Kier molecular flexibility index (Phi) is 10.7. The molecule has 0 saturated carbocycles. The molecule has 46 heavy (non-hydrogen) atoms. The zero-order valence-corrected chi connectivity index (χ0v) is 26.8. The van der Waals surface area contributed by atoms with Crippen LogP contribution in [0, 0.1) is 5.82 Å². The molecule has 2 amide bonds. The first-order valence-electron chi connectivity index (χ1n) is 16.2.